The predicted molar refractivity (Wildman–Crippen MR) is 93.2 cm³/mol. The number of ether oxygens (including phenoxy) is 1. The number of hydrogen-bond donors (Lipinski definition) is 2. The number of hydrogen-bond acceptors (Lipinski definition) is 5. The maximum Gasteiger partial charge on any atom is 0.341 e. The lowest BCUT2D eigenvalue weighted by atomic mass is 9.99. The number of ketones is 1. The number of aliphatic hydroxyl groups is 1. The van der Waals surface area contributed by atoms with Crippen molar-refractivity contribution in [2.75, 3.05) is 0 Å². The minimum atomic E-state index is -0.477. The third kappa shape index (κ3) is 5.02. The number of cyclic esters (lactones) is 1. The van der Waals surface area contributed by atoms with Crippen LogP contribution in [0.3, 0.4) is 0 Å². The van der Waals surface area contributed by atoms with Crippen LogP contribution in [0.5, 0.6) is 5.75 Å². The lowest BCUT2D eigenvalue weighted by Gasteiger charge is -2.08. The van der Waals surface area contributed by atoms with E-state index in [9.17, 15) is 19.8 Å². The van der Waals surface area contributed by atoms with Crippen LogP contribution in [0, 0.1) is 0 Å². The summed E-state index contributed by atoms with van der Waals surface area (Å²) in [5.41, 5.74) is 2.33. The monoisotopic (exact) mass is 340 g/mol. The highest BCUT2D eigenvalue weighted by Crippen LogP contribution is 2.22. The number of phenolic OH excluding ortho intramolecular Hbond substituents is 1. The molecular weight excluding hydrogens is 320 g/mol. The van der Waals surface area contributed by atoms with Gasteiger partial charge in [-0.15, -0.1) is 0 Å². The van der Waals surface area contributed by atoms with E-state index in [1.807, 2.05) is 6.07 Å². The molecule has 1 aliphatic rings. The zero-order valence-electron chi connectivity index (χ0n) is 14.1. The number of aliphatic hydroxyl groups excluding tert-OH is 1. The molecule has 0 radical (unpaired) electrons. The second-order valence-electron chi connectivity index (χ2n) is 5.81. The average molecular weight is 340 g/mol. The number of carbonyl (C=O) groups is 2. The van der Waals surface area contributed by atoms with Crippen LogP contribution in [0.4, 0.5) is 0 Å². The molecule has 130 valence electrons. The Balaban J connectivity index is 0.000000316. The Morgan fingerprint density at radius 1 is 1.16 bits per heavy atom. The lowest BCUT2D eigenvalue weighted by Crippen LogP contribution is -2.10. The molecule has 0 aromatic heterocycles. The van der Waals surface area contributed by atoms with Crippen molar-refractivity contribution in [2.45, 2.75) is 26.4 Å². The van der Waals surface area contributed by atoms with Crippen molar-refractivity contribution < 1.29 is 24.5 Å². The third-order valence-electron chi connectivity index (χ3n) is 3.54. The molecule has 25 heavy (non-hydrogen) atoms. The highest BCUT2D eigenvalue weighted by Gasteiger charge is 2.14. The smallest absolute Gasteiger partial charge is 0.341 e. The van der Waals surface area contributed by atoms with Crippen molar-refractivity contribution in [3.63, 3.8) is 0 Å². The lowest BCUT2D eigenvalue weighted by molar-refractivity contribution is -0.138. The van der Waals surface area contributed by atoms with Gasteiger partial charge in [-0.1, -0.05) is 36.4 Å². The zero-order valence-corrected chi connectivity index (χ0v) is 14.1. The van der Waals surface area contributed by atoms with Gasteiger partial charge in [0.2, 0.25) is 0 Å². The van der Waals surface area contributed by atoms with Crippen LogP contribution in [-0.2, 0) is 16.0 Å². The molecule has 1 unspecified atom stereocenters. The van der Waals surface area contributed by atoms with Gasteiger partial charge in [-0.25, -0.2) is 4.79 Å². The summed E-state index contributed by atoms with van der Waals surface area (Å²) in [6.07, 6.45) is 1.41. The summed E-state index contributed by atoms with van der Waals surface area (Å²) in [5.74, 6) is -0.455. The van der Waals surface area contributed by atoms with E-state index in [-0.39, 0.29) is 23.1 Å². The average Bonchev–Trinajstić information content (AvgIpc) is 2.60. The van der Waals surface area contributed by atoms with E-state index >= 15 is 0 Å². The molecule has 0 aliphatic carbocycles. The van der Waals surface area contributed by atoms with Gasteiger partial charge in [0, 0.05) is 5.56 Å². The van der Waals surface area contributed by atoms with Crippen LogP contribution >= 0.6 is 0 Å². The van der Waals surface area contributed by atoms with Crippen LogP contribution in [0.25, 0.3) is 0 Å². The fourth-order valence-corrected chi connectivity index (χ4v) is 2.21. The van der Waals surface area contributed by atoms with E-state index in [1.54, 1.807) is 50.2 Å². The summed E-state index contributed by atoms with van der Waals surface area (Å²) in [5, 5.41) is 19.2. The summed E-state index contributed by atoms with van der Waals surface area (Å²) in [7, 11) is 0. The fourth-order valence-electron chi connectivity index (χ4n) is 2.21. The molecule has 1 heterocycles. The molecule has 5 nitrogen and oxygen atoms in total. The number of esters is 1. The van der Waals surface area contributed by atoms with Gasteiger partial charge in [0.05, 0.1) is 17.2 Å². The predicted octanol–water partition coefficient (Wildman–Crippen LogP) is 2.99. The van der Waals surface area contributed by atoms with Crippen LogP contribution < -0.4 is 0 Å². The molecule has 1 aliphatic heterocycles. The standard InChI is InChI=1S/C16H16O3.C4H4O2/c1-11(17)9-12-7-8-14(15(18)10-12)16(19)13-5-3-2-4-6-13;1-3-2-6-4(3)5/h2-8,10-11,17-18H,9H2,1H3;2H,1H3. The number of aromatic hydroxyl groups is 1. The quantitative estimate of drug-likeness (QED) is 0.660. The first-order valence-corrected chi connectivity index (χ1v) is 7.86. The number of benzene rings is 2. The van der Waals surface area contributed by atoms with Crippen molar-refractivity contribution in [1.29, 1.82) is 0 Å². The molecule has 2 N–H and O–H groups in total. The van der Waals surface area contributed by atoms with Gasteiger partial charge in [0.15, 0.2) is 5.78 Å². The molecule has 0 bridgehead atoms. The molecule has 2 aromatic carbocycles. The highest BCUT2D eigenvalue weighted by molar-refractivity contribution is 6.10. The molecule has 0 fully saturated rings. The van der Waals surface area contributed by atoms with Gasteiger partial charge in [-0.2, -0.15) is 0 Å². The molecule has 2 aromatic rings. The van der Waals surface area contributed by atoms with Gasteiger partial charge in [-0.3, -0.25) is 4.79 Å². The molecular formula is C20H20O5. The SMILES string of the molecule is CC(O)Cc1ccc(C(=O)c2ccccc2)c(O)c1.CC1=COC1=O. The Morgan fingerprint density at radius 3 is 2.24 bits per heavy atom. The molecule has 1 atom stereocenters. The van der Waals surface area contributed by atoms with Crippen molar-refractivity contribution in [2.24, 2.45) is 0 Å². The number of rotatable bonds is 4. The summed E-state index contributed by atoms with van der Waals surface area (Å²) in [6, 6.07) is 13.7. The molecule has 0 saturated carbocycles. The molecule has 0 amide bonds. The Morgan fingerprint density at radius 2 is 1.80 bits per heavy atom. The second kappa shape index (κ2) is 8.26. The first-order valence-electron chi connectivity index (χ1n) is 7.86. The van der Waals surface area contributed by atoms with E-state index < -0.39 is 6.10 Å². The van der Waals surface area contributed by atoms with Gasteiger partial charge < -0.3 is 14.9 Å². The van der Waals surface area contributed by atoms with Crippen LogP contribution in [0.15, 0.2) is 60.4 Å². The maximum absolute atomic E-state index is 12.2. The van der Waals surface area contributed by atoms with E-state index in [0.717, 1.165) is 5.56 Å². The Hall–Kier alpha value is -2.92. The molecule has 0 saturated heterocycles. The molecule has 3 rings (SSSR count). The Bertz CT molecular complexity index is 791. The minimum absolute atomic E-state index is 0.0491. The van der Waals surface area contributed by atoms with E-state index in [1.165, 1.54) is 12.3 Å². The van der Waals surface area contributed by atoms with Crippen molar-refractivity contribution in [3.8, 4) is 5.75 Å². The summed E-state index contributed by atoms with van der Waals surface area (Å²) >= 11 is 0. The van der Waals surface area contributed by atoms with Crippen molar-refractivity contribution >= 4 is 11.8 Å². The maximum atomic E-state index is 12.2. The number of carbonyl (C=O) groups excluding carboxylic acids is 2. The first kappa shape index (κ1) is 18.4. The Kier molecular flexibility index (Phi) is 6.08. The first-order chi connectivity index (χ1) is 11.9. The van der Waals surface area contributed by atoms with Crippen LogP contribution in [0.2, 0.25) is 0 Å². The van der Waals surface area contributed by atoms with E-state index in [0.29, 0.717) is 17.6 Å². The normalized spacial score (nSPS) is 13.6. The van der Waals surface area contributed by atoms with Gasteiger partial charge in [-0.05, 0) is 38.0 Å². The minimum Gasteiger partial charge on any atom is -0.507 e. The fraction of sp³-hybridized carbons (Fsp3) is 0.200. The van der Waals surface area contributed by atoms with Gasteiger partial charge in [0.1, 0.15) is 12.0 Å². The second-order valence-corrected chi connectivity index (χ2v) is 5.81. The van der Waals surface area contributed by atoms with Crippen molar-refractivity contribution in [1.82, 2.24) is 0 Å². The van der Waals surface area contributed by atoms with Crippen molar-refractivity contribution in [3.05, 3.63) is 77.1 Å². The molecule has 0 spiro atoms. The summed E-state index contributed by atoms with van der Waals surface area (Å²) in [4.78, 5) is 22.1. The molecule has 5 heteroatoms. The topological polar surface area (TPSA) is 83.8 Å². The summed E-state index contributed by atoms with van der Waals surface area (Å²) in [6.45, 7) is 3.39. The summed E-state index contributed by atoms with van der Waals surface area (Å²) < 4.78 is 4.24. The number of phenols is 1. The highest BCUT2D eigenvalue weighted by atomic mass is 16.5. The Labute approximate surface area is 146 Å². The zero-order chi connectivity index (χ0) is 18.4. The van der Waals surface area contributed by atoms with Gasteiger partial charge >= 0.3 is 5.97 Å². The largest absolute Gasteiger partial charge is 0.507 e. The van der Waals surface area contributed by atoms with E-state index in [4.69, 9.17) is 0 Å². The third-order valence-corrected chi connectivity index (χ3v) is 3.54. The van der Waals surface area contributed by atoms with Crippen LogP contribution in [0.1, 0.15) is 35.3 Å². The van der Waals surface area contributed by atoms with E-state index in [2.05, 4.69) is 4.74 Å². The van der Waals surface area contributed by atoms with Gasteiger partial charge in [0.25, 0.3) is 0 Å². The van der Waals surface area contributed by atoms with Crippen LogP contribution in [-0.4, -0.2) is 28.1 Å².